The molecule has 1 aromatic carbocycles. The molecule has 6 heteroatoms. The summed E-state index contributed by atoms with van der Waals surface area (Å²) in [6, 6.07) is 9.88. The highest BCUT2D eigenvalue weighted by Gasteiger charge is 2.27. The van der Waals surface area contributed by atoms with Crippen LogP contribution in [0.2, 0.25) is 0 Å². The Morgan fingerprint density at radius 1 is 1.42 bits per heavy atom. The van der Waals surface area contributed by atoms with Gasteiger partial charge in [-0.2, -0.15) is 0 Å². The molecule has 0 bridgehead atoms. The molecule has 2 N–H and O–H groups in total. The number of nitrogens with zero attached hydrogens (tertiary/aromatic N) is 2. The number of amides is 1. The van der Waals surface area contributed by atoms with Crippen molar-refractivity contribution in [1.29, 1.82) is 0 Å². The van der Waals surface area contributed by atoms with Gasteiger partial charge in [-0.1, -0.05) is 18.2 Å². The fourth-order valence-corrected chi connectivity index (χ4v) is 3.27. The van der Waals surface area contributed by atoms with Crippen molar-refractivity contribution in [1.82, 2.24) is 19.9 Å². The fraction of sp³-hybridized carbons (Fsp3) is 0.333. The molecule has 1 aliphatic rings. The summed E-state index contributed by atoms with van der Waals surface area (Å²) in [6.07, 6.45) is 5.14. The first kappa shape index (κ1) is 15.0. The molecule has 1 aliphatic heterocycles. The van der Waals surface area contributed by atoms with Crippen LogP contribution in [0, 0.1) is 0 Å². The number of carbonyl (C=O) groups is 1. The molecule has 0 unspecified atom stereocenters. The predicted octanol–water partition coefficient (Wildman–Crippen LogP) is 2.55. The minimum absolute atomic E-state index is 0.0285. The van der Waals surface area contributed by atoms with Crippen molar-refractivity contribution in [2.75, 3.05) is 6.61 Å². The van der Waals surface area contributed by atoms with Crippen molar-refractivity contribution in [3.05, 3.63) is 54.2 Å². The van der Waals surface area contributed by atoms with Crippen LogP contribution in [0.4, 0.5) is 0 Å². The summed E-state index contributed by atoms with van der Waals surface area (Å²) < 4.78 is 7.81. The third-order valence-corrected chi connectivity index (χ3v) is 4.58. The average molecular weight is 324 g/mol. The molecule has 2 atom stereocenters. The number of hydrogen-bond acceptors (Lipinski definition) is 3. The number of H-pyrrole nitrogens is 1. The molecule has 1 saturated heterocycles. The van der Waals surface area contributed by atoms with E-state index in [0.29, 0.717) is 12.3 Å². The topological polar surface area (TPSA) is 71.9 Å². The molecule has 1 amide bonds. The Labute approximate surface area is 139 Å². The second-order valence-electron chi connectivity index (χ2n) is 6.25. The number of aromatic amines is 1. The maximum atomic E-state index is 12.5. The summed E-state index contributed by atoms with van der Waals surface area (Å²) in [7, 11) is 1.96. The zero-order valence-corrected chi connectivity index (χ0v) is 13.5. The number of fused-ring (bicyclic) bond motifs is 1. The monoisotopic (exact) mass is 324 g/mol. The van der Waals surface area contributed by atoms with Crippen LogP contribution in [-0.4, -0.2) is 33.1 Å². The Balaban J connectivity index is 1.46. The molecule has 6 nitrogen and oxygen atoms in total. The van der Waals surface area contributed by atoms with Crippen molar-refractivity contribution in [2.24, 2.45) is 7.05 Å². The SMILES string of the molecule is Cn1cncc1[C@@H]1C[C@H](NC(=O)c2cc3ccccc3[nH]2)CCO1. The number of rotatable bonds is 3. The van der Waals surface area contributed by atoms with Crippen molar-refractivity contribution in [3.63, 3.8) is 0 Å². The van der Waals surface area contributed by atoms with Gasteiger partial charge < -0.3 is 19.6 Å². The lowest BCUT2D eigenvalue weighted by molar-refractivity contribution is -0.00304. The van der Waals surface area contributed by atoms with Crippen LogP contribution in [0.15, 0.2) is 42.9 Å². The Morgan fingerprint density at radius 2 is 2.29 bits per heavy atom. The first-order valence-electron chi connectivity index (χ1n) is 8.17. The summed E-state index contributed by atoms with van der Waals surface area (Å²) in [4.78, 5) is 19.9. The fourth-order valence-electron chi connectivity index (χ4n) is 3.27. The number of hydrogen-bond donors (Lipinski definition) is 2. The minimum atomic E-state index is -0.0677. The number of aryl methyl sites for hydroxylation is 1. The zero-order valence-electron chi connectivity index (χ0n) is 13.5. The number of para-hydroxylation sites is 1. The normalized spacial score (nSPS) is 21.0. The first-order valence-corrected chi connectivity index (χ1v) is 8.17. The Bertz CT molecular complexity index is 834. The molecule has 0 spiro atoms. The molecule has 124 valence electrons. The molecule has 1 fully saturated rings. The van der Waals surface area contributed by atoms with Crippen LogP contribution >= 0.6 is 0 Å². The van der Waals surface area contributed by atoms with Crippen molar-refractivity contribution < 1.29 is 9.53 Å². The number of carbonyl (C=O) groups excluding carboxylic acids is 1. The third-order valence-electron chi connectivity index (χ3n) is 4.58. The van der Waals surface area contributed by atoms with Gasteiger partial charge in [0.2, 0.25) is 0 Å². The van der Waals surface area contributed by atoms with E-state index in [0.717, 1.165) is 29.4 Å². The summed E-state index contributed by atoms with van der Waals surface area (Å²) in [5, 5.41) is 4.17. The zero-order chi connectivity index (χ0) is 16.5. The number of benzene rings is 1. The number of nitrogens with one attached hydrogen (secondary N) is 2. The van der Waals surface area contributed by atoms with Crippen LogP contribution in [0.1, 0.15) is 35.1 Å². The largest absolute Gasteiger partial charge is 0.372 e. The van der Waals surface area contributed by atoms with E-state index in [9.17, 15) is 4.79 Å². The summed E-state index contributed by atoms with van der Waals surface area (Å²) >= 11 is 0. The number of imidazole rings is 1. The molecular formula is C18H20N4O2. The summed E-state index contributed by atoms with van der Waals surface area (Å²) in [6.45, 7) is 0.632. The van der Waals surface area contributed by atoms with E-state index in [2.05, 4.69) is 15.3 Å². The van der Waals surface area contributed by atoms with E-state index >= 15 is 0 Å². The van der Waals surface area contributed by atoms with Gasteiger partial charge in [0.1, 0.15) is 11.8 Å². The highest BCUT2D eigenvalue weighted by atomic mass is 16.5. The van der Waals surface area contributed by atoms with Gasteiger partial charge in [-0.15, -0.1) is 0 Å². The number of aromatic nitrogens is 3. The molecule has 24 heavy (non-hydrogen) atoms. The van der Waals surface area contributed by atoms with Crippen LogP contribution in [0.25, 0.3) is 10.9 Å². The van der Waals surface area contributed by atoms with E-state index < -0.39 is 0 Å². The smallest absolute Gasteiger partial charge is 0.267 e. The van der Waals surface area contributed by atoms with E-state index in [1.54, 1.807) is 6.33 Å². The Morgan fingerprint density at radius 3 is 3.08 bits per heavy atom. The van der Waals surface area contributed by atoms with Crippen molar-refractivity contribution >= 4 is 16.8 Å². The average Bonchev–Trinajstić information content (AvgIpc) is 3.21. The molecule has 0 saturated carbocycles. The Kier molecular flexibility index (Phi) is 3.82. The van der Waals surface area contributed by atoms with Gasteiger partial charge in [0.15, 0.2) is 0 Å². The van der Waals surface area contributed by atoms with E-state index in [1.165, 1.54) is 0 Å². The molecule has 0 radical (unpaired) electrons. The molecule has 3 aromatic rings. The lowest BCUT2D eigenvalue weighted by Crippen LogP contribution is -2.40. The first-order chi connectivity index (χ1) is 11.7. The van der Waals surface area contributed by atoms with Crippen LogP contribution in [-0.2, 0) is 11.8 Å². The minimum Gasteiger partial charge on any atom is -0.372 e. The molecule has 0 aliphatic carbocycles. The van der Waals surface area contributed by atoms with Crippen LogP contribution in [0.5, 0.6) is 0 Å². The van der Waals surface area contributed by atoms with Gasteiger partial charge in [0, 0.05) is 30.6 Å². The maximum Gasteiger partial charge on any atom is 0.267 e. The standard InChI is InChI=1S/C18H20N4O2/c1-22-11-19-10-16(22)17-9-13(6-7-24-17)20-18(23)15-8-12-4-2-3-5-14(12)21-15/h2-5,8,10-11,13,17,21H,6-7,9H2,1H3,(H,20,23)/t13-,17+/m1/s1. The predicted molar refractivity (Wildman–Crippen MR) is 90.7 cm³/mol. The lowest BCUT2D eigenvalue weighted by atomic mass is 10.0. The van der Waals surface area contributed by atoms with Gasteiger partial charge in [0.25, 0.3) is 5.91 Å². The summed E-state index contributed by atoms with van der Waals surface area (Å²) in [5.74, 6) is -0.0677. The van der Waals surface area contributed by atoms with Gasteiger partial charge in [-0.05, 0) is 25.0 Å². The van der Waals surface area contributed by atoms with E-state index in [4.69, 9.17) is 4.74 Å². The van der Waals surface area contributed by atoms with Crippen molar-refractivity contribution in [2.45, 2.75) is 25.0 Å². The molecular weight excluding hydrogens is 304 g/mol. The van der Waals surface area contributed by atoms with Crippen molar-refractivity contribution in [3.8, 4) is 0 Å². The van der Waals surface area contributed by atoms with E-state index in [1.807, 2.05) is 48.1 Å². The molecule has 4 rings (SSSR count). The quantitative estimate of drug-likeness (QED) is 0.778. The Hall–Kier alpha value is -2.60. The highest BCUT2D eigenvalue weighted by Crippen LogP contribution is 2.27. The van der Waals surface area contributed by atoms with Crippen LogP contribution in [0.3, 0.4) is 0 Å². The highest BCUT2D eigenvalue weighted by molar-refractivity contribution is 5.98. The second-order valence-corrected chi connectivity index (χ2v) is 6.25. The van der Waals surface area contributed by atoms with E-state index in [-0.39, 0.29) is 18.1 Å². The molecule has 2 aromatic heterocycles. The van der Waals surface area contributed by atoms with Gasteiger partial charge in [-0.25, -0.2) is 4.98 Å². The third kappa shape index (κ3) is 2.80. The lowest BCUT2D eigenvalue weighted by Gasteiger charge is -2.30. The maximum absolute atomic E-state index is 12.5. The second kappa shape index (κ2) is 6.13. The molecule has 3 heterocycles. The summed E-state index contributed by atoms with van der Waals surface area (Å²) in [5.41, 5.74) is 2.61. The van der Waals surface area contributed by atoms with Crippen LogP contribution < -0.4 is 5.32 Å². The number of ether oxygens (including phenoxy) is 1. The van der Waals surface area contributed by atoms with Gasteiger partial charge in [0.05, 0.1) is 18.2 Å². The van der Waals surface area contributed by atoms with Gasteiger partial charge >= 0.3 is 0 Å². The van der Waals surface area contributed by atoms with Gasteiger partial charge in [-0.3, -0.25) is 4.79 Å².